The average Bonchev–Trinajstić information content (AvgIpc) is 2.99. The molecule has 8 heteroatoms. The zero-order chi connectivity index (χ0) is 29.2. The van der Waals surface area contributed by atoms with Crippen molar-refractivity contribution in [3.05, 3.63) is 130 Å². The van der Waals surface area contributed by atoms with Gasteiger partial charge in [0, 0.05) is 26.9 Å². The quantitative estimate of drug-likeness (QED) is 0.134. The Bertz CT molecular complexity index is 1550. The fourth-order valence-electron chi connectivity index (χ4n) is 4.03. The number of aryl methyl sites for hydroxylation is 2. The van der Waals surface area contributed by atoms with Gasteiger partial charge in [-0.1, -0.05) is 67.1 Å². The number of carbonyl (C=O) groups is 3. The number of nitrogens with one attached hydrogen (secondary N) is 3. The smallest absolute Gasteiger partial charge is 0.272 e. The van der Waals surface area contributed by atoms with Crippen LogP contribution in [0.5, 0.6) is 0 Å². The van der Waals surface area contributed by atoms with E-state index in [1.54, 1.807) is 66.7 Å². The lowest BCUT2D eigenvalue weighted by Gasteiger charge is -2.13. The SMILES string of the molecule is CCc1cccc(C)c1NC(=O)CSc1ccc(NC(=O)/C(=C/c2ccc(Cl)cc2)NC(=O)c2ccccc2)cc1. The van der Waals surface area contributed by atoms with Gasteiger partial charge in [0.25, 0.3) is 11.8 Å². The van der Waals surface area contributed by atoms with Crippen molar-refractivity contribution >= 4 is 58.5 Å². The predicted octanol–water partition coefficient (Wildman–Crippen LogP) is 7.35. The minimum Gasteiger partial charge on any atom is -0.325 e. The second-order valence-corrected chi connectivity index (χ2v) is 10.7. The van der Waals surface area contributed by atoms with Crippen molar-refractivity contribution in [1.82, 2.24) is 5.32 Å². The summed E-state index contributed by atoms with van der Waals surface area (Å²) in [6, 6.07) is 28.8. The van der Waals surface area contributed by atoms with Crippen LogP contribution in [0.1, 0.15) is 34.0 Å². The van der Waals surface area contributed by atoms with Crippen molar-refractivity contribution in [2.45, 2.75) is 25.2 Å². The summed E-state index contributed by atoms with van der Waals surface area (Å²) < 4.78 is 0. The highest BCUT2D eigenvalue weighted by molar-refractivity contribution is 8.00. The Labute approximate surface area is 249 Å². The van der Waals surface area contributed by atoms with E-state index in [-0.39, 0.29) is 17.4 Å². The fourth-order valence-corrected chi connectivity index (χ4v) is 4.85. The zero-order valence-corrected chi connectivity index (χ0v) is 24.3. The van der Waals surface area contributed by atoms with Crippen LogP contribution in [0, 0.1) is 6.92 Å². The van der Waals surface area contributed by atoms with E-state index in [9.17, 15) is 14.4 Å². The van der Waals surface area contributed by atoms with E-state index in [4.69, 9.17) is 11.6 Å². The Balaban J connectivity index is 1.40. The number of anilines is 2. The van der Waals surface area contributed by atoms with Crippen LogP contribution in [0.4, 0.5) is 11.4 Å². The lowest BCUT2D eigenvalue weighted by molar-refractivity contribution is -0.114. The third kappa shape index (κ3) is 8.58. The largest absolute Gasteiger partial charge is 0.325 e. The van der Waals surface area contributed by atoms with Crippen molar-refractivity contribution in [3.8, 4) is 0 Å². The van der Waals surface area contributed by atoms with Gasteiger partial charge < -0.3 is 16.0 Å². The molecular weight excluding hydrogens is 554 g/mol. The average molecular weight is 584 g/mol. The molecule has 4 rings (SSSR count). The summed E-state index contributed by atoms with van der Waals surface area (Å²) in [4.78, 5) is 39.5. The molecule has 4 aromatic carbocycles. The summed E-state index contributed by atoms with van der Waals surface area (Å²) in [5.41, 5.74) is 4.78. The first-order chi connectivity index (χ1) is 19.8. The van der Waals surface area contributed by atoms with E-state index >= 15 is 0 Å². The molecule has 3 N–H and O–H groups in total. The van der Waals surface area contributed by atoms with Gasteiger partial charge in [0.05, 0.1) is 5.75 Å². The molecule has 6 nitrogen and oxygen atoms in total. The third-order valence-corrected chi connectivity index (χ3v) is 7.46. The molecule has 0 aliphatic carbocycles. The number of halogens is 1. The number of rotatable bonds is 10. The zero-order valence-electron chi connectivity index (χ0n) is 22.7. The minimum atomic E-state index is -0.478. The van der Waals surface area contributed by atoms with Gasteiger partial charge in [-0.3, -0.25) is 14.4 Å². The highest BCUT2D eigenvalue weighted by Crippen LogP contribution is 2.24. The first kappa shape index (κ1) is 29.6. The molecule has 3 amide bonds. The normalized spacial score (nSPS) is 11.0. The summed E-state index contributed by atoms with van der Waals surface area (Å²) >= 11 is 7.40. The van der Waals surface area contributed by atoms with Crippen molar-refractivity contribution in [1.29, 1.82) is 0 Å². The van der Waals surface area contributed by atoms with E-state index in [1.807, 2.05) is 43.3 Å². The Hall–Kier alpha value is -4.33. The third-order valence-electron chi connectivity index (χ3n) is 6.20. The topological polar surface area (TPSA) is 87.3 Å². The van der Waals surface area contributed by atoms with Crippen LogP contribution in [-0.2, 0) is 16.0 Å². The Morgan fingerprint density at radius 1 is 0.829 bits per heavy atom. The molecule has 0 unspecified atom stereocenters. The van der Waals surface area contributed by atoms with Gasteiger partial charge in [-0.25, -0.2) is 0 Å². The predicted molar refractivity (Wildman–Crippen MR) is 168 cm³/mol. The monoisotopic (exact) mass is 583 g/mol. The molecule has 0 atom stereocenters. The van der Waals surface area contributed by atoms with Gasteiger partial charge in [0.15, 0.2) is 0 Å². The van der Waals surface area contributed by atoms with Gasteiger partial charge in [0.1, 0.15) is 5.70 Å². The van der Waals surface area contributed by atoms with Crippen LogP contribution in [0.2, 0.25) is 5.02 Å². The van der Waals surface area contributed by atoms with Gasteiger partial charge in [0.2, 0.25) is 5.91 Å². The maximum absolute atomic E-state index is 13.2. The number of amides is 3. The van der Waals surface area contributed by atoms with Gasteiger partial charge in [-0.2, -0.15) is 0 Å². The molecule has 208 valence electrons. The molecule has 0 aromatic heterocycles. The van der Waals surface area contributed by atoms with Crippen LogP contribution >= 0.6 is 23.4 Å². The summed E-state index contributed by atoms with van der Waals surface area (Å²) in [7, 11) is 0. The summed E-state index contributed by atoms with van der Waals surface area (Å²) in [6.07, 6.45) is 2.43. The second kappa shape index (κ2) is 14.3. The molecule has 0 radical (unpaired) electrons. The van der Waals surface area contributed by atoms with Gasteiger partial charge in [-0.05, 0) is 84.6 Å². The first-order valence-corrected chi connectivity index (χ1v) is 14.4. The van der Waals surface area contributed by atoms with E-state index < -0.39 is 11.8 Å². The van der Waals surface area contributed by atoms with Crippen LogP contribution in [0.3, 0.4) is 0 Å². The molecule has 0 spiro atoms. The molecule has 0 saturated carbocycles. The van der Waals surface area contributed by atoms with Crippen LogP contribution in [0.15, 0.2) is 108 Å². The van der Waals surface area contributed by atoms with Crippen LogP contribution < -0.4 is 16.0 Å². The lowest BCUT2D eigenvalue weighted by Crippen LogP contribution is -2.30. The Morgan fingerprint density at radius 2 is 1.54 bits per heavy atom. The van der Waals surface area contributed by atoms with E-state index in [0.717, 1.165) is 28.1 Å². The first-order valence-electron chi connectivity index (χ1n) is 13.1. The minimum absolute atomic E-state index is 0.0810. The summed E-state index contributed by atoms with van der Waals surface area (Å²) in [5, 5.41) is 9.16. The molecule has 0 heterocycles. The Kier molecular flexibility index (Phi) is 10.4. The number of benzene rings is 4. The van der Waals surface area contributed by atoms with Crippen LogP contribution in [0.25, 0.3) is 6.08 Å². The molecule has 0 fully saturated rings. The maximum Gasteiger partial charge on any atom is 0.272 e. The molecule has 0 bridgehead atoms. The summed E-state index contributed by atoms with van der Waals surface area (Å²) in [5.74, 6) is -0.706. The summed E-state index contributed by atoms with van der Waals surface area (Å²) in [6.45, 7) is 4.05. The standard InChI is InChI=1S/C33H30ClN3O3S/c1-3-24-11-7-8-22(2)31(24)37-30(38)21-41-28-18-16-27(17-19-28)35-33(40)29(20-23-12-14-26(34)15-13-23)36-32(39)25-9-5-4-6-10-25/h4-20H,3,21H2,1-2H3,(H,35,40)(H,36,39)(H,37,38)/b29-20-. The Morgan fingerprint density at radius 3 is 2.22 bits per heavy atom. The van der Waals surface area contributed by atoms with Crippen molar-refractivity contribution in [2.75, 3.05) is 16.4 Å². The number of hydrogen-bond acceptors (Lipinski definition) is 4. The number of para-hydroxylation sites is 1. The van der Waals surface area contributed by atoms with Gasteiger partial charge in [-0.15, -0.1) is 11.8 Å². The van der Waals surface area contributed by atoms with Crippen LogP contribution in [-0.4, -0.2) is 23.5 Å². The highest BCUT2D eigenvalue weighted by atomic mass is 35.5. The van der Waals surface area contributed by atoms with Crippen molar-refractivity contribution < 1.29 is 14.4 Å². The maximum atomic E-state index is 13.2. The van der Waals surface area contributed by atoms with E-state index in [2.05, 4.69) is 22.9 Å². The second-order valence-electron chi connectivity index (χ2n) is 9.21. The molecule has 0 aliphatic rings. The number of hydrogen-bond donors (Lipinski definition) is 3. The van der Waals surface area contributed by atoms with Crippen molar-refractivity contribution in [3.63, 3.8) is 0 Å². The molecular formula is C33H30ClN3O3S. The highest BCUT2D eigenvalue weighted by Gasteiger charge is 2.15. The molecule has 4 aromatic rings. The number of carbonyl (C=O) groups excluding carboxylic acids is 3. The molecule has 0 saturated heterocycles. The lowest BCUT2D eigenvalue weighted by atomic mass is 10.1. The van der Waals surface area contributed by atoms with Crippen molar-refractivity contribution in [2.24, 2.45) is 0 Å². The fraction of sp³-hybridized carbons (Fsp3) is 0.121. The van der Waals surface area contributed by atoms with E-state index in [0.29, 0.717) is 21.8 Å². The number of thioether (sulfide) groups is 1. The molecule has 0 aliphatic heterocycles. The van der Waals surface area contributed by atoms with E-state index in [1.165, 1.54) is 11.8 Å². The van der Waals surface area contributed by atoms with Gasteiger partial charge >= 0.3 is 0 Å². The molecule has 41 heavy (non-hydrogen) atoms.